The zero-order chi connectivity index (χ0) is 22.0. The topological polar surface area (TPSA) is 103 Å². The van der Waals surface area contributed by atoms with Crippen LogP contribution >= 0.6 is 11.6 Å². The lowest BCUT2D eigenvalue weighted by atomic mass is 9.77. The van der Waals surface area contributed by atoms with Gasteiger partial charge in [0.1, 0.15) is 5.82 Å². The summed E-state index contributed by atoms with van der Waals surface area (Å²) in [7, 11) is -4.65. The van der Waals surface area contributed by atoms with Crippen LogP contribution in [-0.2, 0) is 21.8 Å². The van der Waals surface area contributed by atoms with Gasteiger partial charge in [0.15, 0.2) is 0 Å². The number of halogens is 5. The van der Waals surface area contributed by atoms with E-state index in [1.165, 1.54) is 13.0 Å². The Bertz CT molecular complexity index is 1050. The maximum atomic E-state index is 14.0. The summed E-state index contributed by atoms with van der Waals surface area (Å²) >= 11 is 5.64. The van der Waals surface area contributed by atoms with Gasteiger partial charge in [0.25, 0.3) is 10.1 Å². The second-order valence-corrected chi connectivity index (χ2v) is 8.29. The molecule has 0 amide bonds. The second-order valence-electron chi connectivity index (χ2n) is 6.39. The number of benzene rings is 2. The van der Waals surface area contributed by atoms with Crippen LogP contribution in [0.15, 0.2) is 47.6 Å². The molecule has 0 heterocycles. The average molecular weight is 452 g/mol. The number of rotatable bonds is 6. The van der Waals surface area contributed by atoms with Crippen LogP contribution in [0.4, 0.5) is 17.6 Å². The Hall–Kier alpha value is -2.33. The van der Waals surface area contributed by atoms with E-state index in [4.69, 9.17) is 17.1 Å². The lowest BCUT2D eigenvalue weighted by molar-refractivity contribution is -0.137. The minimum absolute atomic E-state index is 0.0133. The Morgan fingerprint density at radius 3 is 2.17 bits per heavy atom. The van der Waals surface area contributed by atoms with E-state index in [0.717, 1.165) is 36.4 Å². The molecule has 1 N–H and O–H groups in total. The first-order valence-electron chi connectivity index (χ1n) is 7.92. The fourth-order valence-electron chi connectivity index (χ4n) is 2.94. The van der Waals surface area contributed by atoms with Gasteiger partial charge in [0.2, 0.25) is 0 Å². The fraction of sp³-hybridized carbons (Fsp3) is 0.294. The van der Waals surface area contributed by atoms with Crippen LogP contribution in [0.3, 0.4) is 0 Å². The molecule has 6 nitrogen and oxygen atoms in total. The first-order chi connectivity index (χ1) is 13.3. The molecule has 0 fully saturated rings. The summed E-state index contributed by atoms with van der Waals surface area (Å²) in [5, 5.41) is 3.35. The highest BCUT2D eigenvalue weighted by molar-refractivity contribution is 7.85. The Balaban J connectivity index is 2.69. The molecule has 29 heavy (non-hydrogen) atoms. The van der Waals surface area contributed by atoms with Crippen molar-refractivity contribution >= 4 is 21.7 Å². The van der Waals surface area contributed by atoms with Gasteiger partial charge in [0.05, 0.1) is 21.9 Å². The summed E-state index contributed by atoms with van der Waals surface area (Å²) in [5.41, 5.74) is 6.31. The lowest BCUT2D eigenvalue weighted by Gasteiger charge is -2.34. The molecule has 2 rings (SSSR count). The number of nitrogens with zero attached hydrogens (tertiary/aromatic N) is 3. The third-order valence-electron chi connectivity index (χ3n) is 4.45. The van der Waals surface area contributed by atoms with Gasteiger partial charge < -0.3 is 0 Å². The van der Waals surface area contributed by atoms with Crippen LogP contribution in [-0.4, -0.2) is 18.7 Å². The zero-order valence-electron chi connectivity index (χ0n) is 14.7. The van der Waals surface area contributed by atoms with Gasteiger partial charge in [0, 0.05) is 10.8 Å². The van der Waals surface area contributed by atoms with E-state index in [0.29, 0.717) is 0 Å². The average Bonchev–Trinajstić information content (AvgIpc) is 2.61. The van der Waals surface area contributed by atoms with Gasteiger partial charge in [-0.1, -0.05) is 34.9 Å². The summed E-state index contributed by atoms with van der Waals surface area (Å²) < 4.78 is 85.0. The van der Waals surface area contributed by atoms with Crippen molar-refractivity contribution in [1.82, 2.24) is 0 Å². The van der Waals surface area contributed by atoms with Gasteiger partial charge in [-0.15, -0.1) is 0 Å². The molecule has 0 spiro atoms. The van der Waals surface area contributed by atoms with E-state index < -0.39 is 44.9 Å². The van der Waals surface area contributed by atoms with Crippen LogP contribution in [0.5, 0.6) is 0 Å². The maximum absolute atomic E-state index is 14.0. The predicted octanol–water partition coefficient (Wildman–Crippen LogP) is 5.70. The van der Waals surface area contributed by atoms with E-state index in [2.05, 4.69) is 10.0 Å². The number of azide groups is 1. The zero-order valence-corrected chi connectivity index (χ0v) is 16.3. The highest BCUT2D eigenvalue weighted by Gasteiger charge is 2.40. The van der Waals surface area contributed by atoms with Crippen molar-refractivity contribution in [1.29, 1.82) is 0 Å². The second kappa shape index (κ2) is 8.19. The monoisotopic (exact) mass is 451 g/mol. The molecule has 0 saturated carbocycles. The molecule has 2 atom stereocenters. The molecule has 0 aliphatic carbocycles. The quantitative estimate of drug-likeness (QED) is 0.200. The molecular weight excluding hydrogens is 438 g/mol. The van der Waals surface area contributed by atoms with Gasteiger partial charge in [-0.25, -0.2) is 4.39 Å². The van der Waals surface area contributed by atoms with Crippen molar-refractivity contribution in [3.63, 3.8) is 0 Å². The van der Waals surface area contributed by atoms with E-state index >= 15 is 0 Å². The SMILES string of the molecule is C[C@@](N=[N+]=[N-])(c1ccc(C(F)(F)F)cc1)[C@H](CS(=O)(=O)O)c1ccc(Cl)c(F)c1. The van der Waals surface area contributed by atoms with E-state index in [1.54, 1.807) is 0 Å². The normalized spacial score (nSPS) is 15.3. The summed E-state index contributed by atoms with van der Waals surface area (Å²) in [6.45, 7) is 1.28. The molecule has 0 bridgehead atoms. The summed E-state index contributed by atoms with van der Waals surface area (Å²) in [6.07, 6.45) is -4.61. The standard InChI is InChI=1S/C17H14ClF4N3O3S/c1-16(24-25-23,11-3-5-12(6-4-11)17(20,21)22)13(9-29(26,27)28)10-2-7-14(18)15(19)8-10/h2-8,13H,9H2,1H3,(H,26,27,28)/t13-,16-/m1/s1. The molecule has 12 heteroatoms. The predicted molar refractivity (Wildman–Crippen MR) is 98.5 cm³/mol. The van der Waals surface area contributed by atoms with Crippen molar-refractivity contribution in [2.45, 2.75) is 24.6 Å². The van der Waals surface area contributed by atoms with Crippen molar-refractivity contribution in [2.24, 2.45) is 5.11 Å². The van der Waals surface area contributed by atoms with Crippen molar-refractivity contribution in [3.05, 3.63) is 80.4 Å². The van der Waals surface area contributed by atoms with Crippen molar-refractivity contribution < 1.29 is 30.5 Å². The number of hydrogen-bond donors (Lipinski definition) is 1. The summed E-state index contributed by atoms with van der Waals surface area (Å²) in [4.78, 5) is 2.68. The Morgan fingerprint density at radius 2 is 1.72 bits per heavy atom. The third kappa shape index (κ3) is 5.39. The molecule has 0 aliphatic heterocycles. The van der Waals surface area contributed by atoms with E-state index in [-0.39, 0.29) is 16.1 Å². The van der Waals surface area contributed by atoms with Gasteiger partial charge in [-0.3, -0.25) is 4.55 Å². The Labute approximate surface area is 168 Å². The number of hydrogen-bond acceptors (Lipinski definition) is 3. The molecule has 2 aromatic rings. The Morgan fingerprint density at radius 1 is 1.17 bits per heavy atom. The van der Waals surface area contributed by atoms with Gasteiger partial charge >= 0.3 is 6.18 Å². The lowest BCUT2D eigenvalue weighted by Crippen LogP contribution is -2.33. The highest BCUT2D eigenvalue weighted by atomic mass is 35.5. The molecule has 2 aromatic carbocycles. The van der Waals surface area contributed by atoms with Crippen LogP contribution in [0.2, 0.25) is 5.02 Å². The third-order valence-corrected chi connectivity index (χ3v) is 5.51. The molecule has 0 aliphatic rings. The molecule has 0 saturated heterocycles. The first-order valence-corrected chi connectivity index (χ1v) is 9.91. The van der Waals surface area contributed by atoms with Crippen LogP contribution in [0, 0.1) is 5.82 Å². The molecule has 156 valence electrons. The van der Waals surface area contributed by atoms with E-state index in [1.807, 2.05) is 0 Å². The molecule has 0 unspecified atom stereocenters. The van der Waals surface area contributed by atoms with Gasteiger partial charge in [-0.05, 0) is 47.8 Å². The highest BCUT2D eigenvalue weighted by Crippen LogP contribution is 2.43. The van der Waals surface area contributed by atoms with E-state index in [9.17, 15) is 30.5 Å². The summed E-state index contributed by atoms with van der Waals surface area (Å²) in [5.74, 6) is -3.21. The smallest absolute Gasteiger partial charge is 0.286 e. The van der Waals surface area contributed by atoms with Crippen molar-refractivity contribution in [2.75, 3.05) is 5.75 Å². The van der Waals surface area contributed by atoms with Crippen LogP contribution in [0.1, 0.15) is 29.5 Å². The maximum Gasteiger partial charge on any atom is 0.416 e. The Kier molecular flexibility index (Phi) is 6.48. The van der Waals surface area contributed by atoms with Gasteiger partial charge in [-0.2, -0.15) is 21.6 Å². The van der Waals surface area contributed by atoms with Crippen LogP contribution < -0.4 is 0 Å². The largest absolute Gasteiger partial charge is 0.416 e. The first kappa shape index (κ1) is 23.0. The fourth-order valence-corrected chi connectivity index (χ4v) is 4.00. The molecular formula is C17H14ClF4N3O3S. The van der Waals surface area contributed by atoms with Crippen LogP contribution in [0.25, 0.3) is 10.4 Å². The summed E-state index contributed by atoms with van der Waals surface area (Å²) in [6, 6.07) is 6.87. The van der Waals surface area contributed by atoms with Crippen molar-refractivity contribution in [3.8, 4) is 0 Å². The minimum atomic E-state index is -4.65. The minimum Gasteiger partial charge on any atom is -0.286 e. The number of alkyl halides is 3. The molecule has 0 aromatic heterocycles. The molecule has 0 radical (unpaired) electrons.